The second kappa shape index (κ2) is 5.14. The first-order chi connectivity index (χ1) is 8.85. The number of non-ortho nitro benzene ring substituents is 1. The van der Waals surface area contributed by atoms with Crippen molar-refractivity contribution in [3.8, 4) is 0 Å². The quantitative estimate of drug-likeness (QED) is 0.669. The van der Waals surface area contributed by atoms with Gasteiger partial charge in [0.25, 0.3) is 5.69 Å². The fraction of sp³-hybridized carbons (Fsp3) is 0.538. The van der Waals surface area contributed by atoms with Crippen LogP contribution in [0.4, 0.5) is 11.4 Å². The Labute approximate surface area is 111 Å². The Morgan fingerprint density at radius 1 is 1.47 bits per heavy atom. The Bertz CT molecular complexity index is 488. The number of nitrogens with one attached hydrogen (secondary N) is 1. The minimum absolute atomic E-state index is 0.0467. The summed E-state index contributed by atoms with van der Waals surface area (Å²) in [6.07, 6.45) is -0.0467. The molecule has 0 aromatic heterocycles. The minimum Gasteiger partial charge on any atom is -0.382 e. The first-order valence-corrected chi connectivity index (χ1v) is 6.17. The molecule has 1 aromatic carbocycles. The standard InChI is InChI=1S/C13H18N2O4/c1-9-4-10(6-11(5-9)15(16)17)14-7-12-8-18-13(2,3)19-12/h4-6,12,14H,7-8H2,1-3H3. The highest BCUT2D eigenvalue weighted by molar-refractivity contribution is 5.53. The molecular formula is C13H18N2O4. The minimum atomic E-state index is -0.551. The van der Waals surface area contributed by atoms with Gasteiger partial charge in [0.2, 0.25) is 0 Å². The Morgan fingerprint density at radius 2 is 2.21 bits per heavy atom. The molecule has 1 heterocycles. The molecule has 0 saturated carbocycles. The number of aryl methyl sites for hydroxylation is 1. The van der Waals surface area contributed by atoms with E-state index in [0.717, 1.165) is 11.3 Å². The van der Waals surface area contributed by atoms with Gasteiger partial charge in [0.15, 0.2) is 5.79 Å². The average Bonchev–Trinajstić information content (AvgIpc) is 2.65. The topological polar surface area (TPSA) is 73.6 Å². The van der Waals surface area contributed by atoms with E-state index in [1.54, 1.807) is 6.07 Å². The molecule has 19 heavy (non-hydrogen) atoms. The molecule has 1 aromatic rings. The zero-order chi connectivity index (χ0) is 14.0. The third-order valence-electron chi connectivity index (χ3n) is 2.87. The number of benzene rings is 1. The van der Waals surface area contributed by atoms with Crippen molar-refractivity contribution in [3.63, 3.8) is 0 Å². The van der Waals surface area contributed by atoms with E-state index in [1.807, 2.05) is 26.8 Å². The van der Waals surface area contributed by atoms with Gasteiger partial charge in [0.1, 0.15) is 6.10 Å². The number of nitro groups is 1. The lowest BCUT2D eigenvalue weighted by atomic mass is 10.2. The summed E-state index contributed by atoms with van der Waals surface area (Å²) < 4.78 is 11.1. The molecule has 1 saturated heterocycles. The van der Waals surface area contributed by atoms with Gasteiger partial charge >= 0.3 is 0 Å². The van der Waals surface area contributed by atoms with Crippen molar-refractivity contribution in [1.82, 2.24) is 0 Å². The highest BCUT2D eigenvalue weighted by Crippen LogP contribution is 2.24. The maximum absolute atomic E-state index is 10.8. The summed E-state index contributed by atoms with van der Waals surface area (Å²) in [4.78, 5) is 10.4. The molecule has 6 nitrogen and oxygen atoms in total. The molecule has 1 aliphatic heterocycles. The molecule has 1 fully saturated rings. The SMILES string of the molecule is Cc1cc(NCC2COC(C)(C)O2)cc([N+](=O)[O-])c1. The first kappa shape index (κ1) is 13.8. The highest BCUT2D eigenvalue weighted by Gasteiger charge is 2.32. The van der Waals surface area contributed by atoms with Gasteiger partial charge in [0.05, 0.1) is 11.5 Å². The van der Waals surface area contributed by atoms with Gasteiger partial charge in [-0.25, -0.2) is 0 Å². The summed E-state index contributed by atoms with van der Waals surface area (Å²) in [6, 6.07) is 4.94. The lowest BCUT2D eigenvalue weighted by molar-refractivity contribution is -0.384. The fourth-order valence-electron chi connectivity index (χ4n) is 2.07. The molecule has 1 unspecified atom stereocenters. The summed E-state index contributed by atoms with van der Waals surface area (Å²) in [5.74, 6) is -0.551. The van der Waals surface area contributed by atoms with Crippen LogP contribution in [0, 0.1) is 17.0 Å². The van der Waals surface area contributed by atoms with Crippen LogP contribution in [0.2, 0.25) is 0 Å². The van der Waals surface area contributed by atoms with Crippen LogP contribution in [-0.4, -0.2) is 30.0 Å². The van der Waals surface area contributed by atoms with Crippen LogP contribution >= 0.6 is 0 Å². The Morgan fingerprint density at radius 3 is 2.79 bits per heavy atom. The molecule has 0 radical (unpaired) electrons. The van der Waals surface area contributed by atoms with Gasteiger partial charge in [0, 0.05) is 24.4 Å². The molecule has 2 rings (SSSR count). The van der Waals surface area contributed by atoms with E-state index in [2.05, 4.69) is 5.32 Å². The van der Waals surface area contributed by atoms with Crippen LogP contribution < -0.4 is 5.32 Å². The molecule has 6 heteroatoms. The van der Waals surface area contributed by atoms with E-state index < -0.39 is 10.7 Å². The van der Waals surface area contributed by atoms with Gasteiger partial charge in [-0.1, -0.05) is 0 Å². The van der Waals surface area contributed by atoms with Crippen molar-refractivity contribution in [2.24, 2.45) is 0 Å². The van der Waals surface area contributed by atoms with Crippen LogP contribution in [0.3, 0.4) is 0 Å². The average molecular weight is 266 g/mol. The largest absolute Gasteiger partial charge is 0.382 e. The van der Waals surface area contributed by atoms with Gasteiger partial charge in [-0.05, 0) is 32.4 Å². The van der Waals surface area contributed by atoms with E-state index >= 15 is 0 Å². The molecule has 0 spiro atoms. The zero-order valence-electron chi connectivity index (χ0n) is 11.3. The predicted molar refractivity (Wildman–Crippen MR) is 71.2 cm³/mol. The van der Waals surface area contributed by atoms with Gasteiger partial charge in [-0.15, -0.1) is 0 Å². The van der Waals surface area contributed by atoms with E-state index in [-0.39, 0.29) is 11.8 Å². The van der Waals surface area contributed by atoms with Crippen LogP contribution in [0.1, 0.15) is 19.4 Å². The van der Waals surface area contributed by atoms with Crippen molar-refractivity contribution in [3.05, 3.63) is 33.9 Å². The molecular weight excluding hydrogens is 248 g/mol. The molecule has 0 aliphatic carbocycles. The molecule has 104 valence electrons. The van der Waals surface area contributed by atoms with Gasteiger partial charge < -0.3 is 14.8 Å². The fourth-order valence-corrected chi connectivity index (χ4v) is 2.07. The van der Waals surface area contributed by atoms with E-state index in [0.29, 0.717) is 13.2 Å². The summed E-state index contributed by atoms with van der Waals surface area (Å²) in [6.45, 7) is 6.64. The highest BCUT2D eigenvalue weighted by atomic mass is 16.7. The van der Waals surface area contributed by atoms with Crippen LogP contribution in [0.5, 0.6) is 0 Å². The third-order valence-corrected chi connectivity index (χ3v) is 2.87. The van der Waals surface area contributed by atoms with Crippen molar-refractivity contribution < 1.29 is 14.4 Å². The number of ether oxygens (including phenoxy) is 2. The van der Waals surface area contributed by atoms with Gasteiger partial charge in [-0.3, -0.25) is 10.1 Å². The lowest BCUT2D eigenvalue weighted by Gasteiger charge is -2.17. The predicted octanol–water partition coefficient (Wildman–Crippen LogP) is 2.47. The Balaban J connectivity index is 1.98. The summed E-state index contributed by atoms with van der Waals surface area (Å²) in [5, 5.41) is 13.9. The van der Waals surface area contributed by atoms with Crippen molar-refractivity contribution in [2.45, 2.75) is 32.7 Å². The second-order valence-corrected chi connectivity index (χ2v) is 5.15. The molecule has 1 aliphatic rings. The number of hydrogen-bond donors (Lipinski definition) is 1. The second-order valence-electron chi connectivity index (χ2n) is 5.15. The summed E-state index contributed by atoms with van der Waals surface area (Å²) in [7, 11) is 0. The number of rotatable bonds is 4. The van der Waals surface area contributed by atoms with Crippen molar-refractivity contribution >= 4 is 11.4 Å². The van der Waals surface area contributed by atoms with Gasteiger partial charge in [-0.2, -0.15) is 0 Å². The number of nitro benzene ring substituents is 1. The third kappa shape index (κ3) is 3.65. The normalized spacial score (nSPS) is 21.3. The van der Waals surface area contributed by atoms with Crippen LogP contribution in [0.25, 0.3) is 0 Å². The smallest absolute Gasteiger partial charge is 0.271 e. The maximum atomic E-state index is 10.8. The zero-order valence-corrected chi connectivity index (χ0v) is 11.3. The summed E-state index contributed by atoms with van der Waals surface area (Å²) in [5.41, 5.74) is 1.66. The number of anilines is 1. The van der Waals surface area contributed by atoms with Crippen LogP contribution in [0.15, 0.2) is 18.2 Å². The Hall–Kier alpha value is -1.66. The number of hydrogen-bond acceptors (Lipinski definition) is 5. The lowest BCUT2D eigenvalue weighted by Crippen LogP contribution is -2.26. The van der Waals surface area contributed by atoms with Crippen molar-refractivity contribution in [1.29, 1.82) is 0 Å². The summed E-state index contributed by atoms with van der Waals surface area (Å²) >= 11 is 0. The van der Waals surface area contributed by atoms with E-state index in [9.17, 15) is 10.1 Å². The molecule has 0 bridgehead atoms. The monoisotopic (exact) mass is 266 g/mol. The van der Waals surface area contributed by atoms with E-state index in [1.165, 1.54) is 6.07 Å². The molecule has 0 amide bonds. The maximum Gasteiger partial charge on any atom is 0.271 e. The first-order valence-electron chi connectivity index (χ1n) is 6.17. The molecule has 1 atom stereocenters. The Kier molecular flexibility index (Phi) is 3.73. The van der Waals surface area contributed by atoms with Crippen LogP contribution in [-0.2, 0) is 9.47 Å². The molecule has 1 N–H and O–H groups in total. The van der Waals surface area contributed by atoms with Crippen molar-refractivity contribution in [2.75, 3.05) is 18.5 Å². The van der Waals surface area contributed by atoms with E-state index in [4.69, 9.17) is 9.47 Å². The number of nitrogens with zero attached hydrogens (tertiary/aromatic N) is 1.